The average molecular weight is 414 g/mol. The smallest absolute Gasteiger partial charge is 0.328 e. The molecule has 0 saturated carbocycles. The van der Waals surface area contributed by atoms with Crippen molar-refractivity contribution in [2.75, 3.05) is 13.7 Å². The predicted molar refractivity (Wildman–Crippen MR) is 107 cm³/mol. The summed E-state index contributed by atoms with van der Waals surface area (Å²) in [6, 6.07) is 10.5. The molecule has 150 valence electrons. The minimum Gasteiger partial charge on any atom is -0.485 e. The zero-order chi connectivity index (χ0) is 20.5. The first kappa shape index (κ1) is 19.3. The van der Waals surface area contributed by atoms with Crippen LogP contribution in [-0.4, -0.2) is 47.6 Å². The number of nitrogens with zero attached hydrogens (tertiary/aromatic N) is 2. The molecule has 0 bridgehead atoms. The molecule has 29 heavy (non-hydrogen) atoms. The highest BCUT2D eigenvalue weighted by Gasteiger charge is 2.42. The number of aromatic nitrogens is 1. The maximum absolute atomic E-state index is 13.9. The highest BCUT2D eigenvalue weighted by molar-refractivity contribution is 7.18. The van der Waals surface area contributed by atoms with E-state index < -0.39 is 23.9 Å². The molecule has 2 aromatic carbocycles. The van der Waals surface area contributed by atoms with Crippen LogP contribution in [0.4, 0.5) is 4.39 Å². The Morgan fingerprint density at radius 1 is 1.24 bits per heavy atom. The van der Waals surface area contributed by atoms with Gasteiger partial charge in [0.25, 0.3) is 5.91 Å². The molecule has 0 aliphatic carbocycles. The lowest BCUT2D eigenvalue weighted by atomic mass is 10.1. The number of fused-ring (bicyclic) bond motifs is 1. The summed E-state index contributed by atoms with van der Waals surface area (Å²) in [6.45, 7) is 2.07. The molecule has 0 spiro atoms. The average Bonchev–Trinajstić information content (AvgIpc) is 3.30. The first-order chi connectivity index (χ1) is 14.0. The van der Waals surface area contributed by atoms with Crippen LogP contribution in [0, 0.1) is 12.7 Å². The number of amides is 1. The van der Waals surface area contributed by atoms with Crippen molar-refractivity contribution < 1.29 is 23.5 Å². The van der Waals surface area contributed by atoms with Crippen LogP contribution in [-0.2, 0) is 9.53 Å². The molecule has 1 aliphatic rings. The summed E-state index contributed by atoms with van der Waals surface area (Å²) < 4.78 is 25.5. The zero-order valence-corrected chi connectivity index (χ0v) is 16.7. The van der Waals surface area contributed by atoms with Gasteiger partial charge in [0, 0.05) is 12.0 Å². The summed E-state index contributed by atoms with van der Waals surface area (Å²) in [6.07, 6.45) is -0.288. The fourth-order valence-corrected chi connectivity index (χ4v) is 4.39. The number of halogens is 1. The second kappa shape index (κ2) is 7.79. The maximum atomic E-state index is 13.9. The van der Waals surface area contributed by atoms with Crippen LogP contribution < -0.4 is 4.74 Å². The Hall–Kier alpha value is -3.00. The van der Waals surface area contributed by atoms with Crippen LogP contribution in [0.2, 0.25) is 0 Å². The van der Waals surface area contributed by atoms with Crippen molar-refractivity contribution in [1.29, 1.82) is 0 Å². The minimum atomic E-state index is -0.789. The Morgan fingerprint density at radius 2 is 2.03 bits per heavy atom. The van der Waals surface area contributed by atoms with Gasteiger partial charge in [-0.1, -0.05) is 12.1 Å². The summed E-state index contributed by atoms with van der Waals surface area (Å²) in [5.74, 6) is -1.21. The highest BCUT2D eigenvalue weighted by Crippen LogP contribution is 2.28. The molecule has 2 atom stereocenters. The van der Waals surface area contributed by atoms with Gasteiger partial charge >= 0.3 is 5.97 Å². The van der Waals surface area contributed by atoms with E-state index in [1.165, 1.54) is 35.5 Å². The van der Waals surface area contributed by atoms with Gasteiger partial charge in [-0.05, 0) is 37.3 Å². The van der Waals surface area contributed by atoms with Gasteiger partial charge in [0.15, 0.2) is 11.6 Å². The third kappa shape index (κ3) is 3.80. The van der Waals surface area contributed by atoms with Gasteiger partial charge in [-0.25, -0.2) is 14.2 Å². The number of carbonyl (C=O) groups is 2. The van der Waals surface area contributed by atoms with E-state index in [1.807, 2.05) is 6.92 Å². The van der Waals surface area contributed by atoms with Gasteiger partial charge in [0.2, 0.25) is 0 Å². The predicted octanol–water partition coefficient (Wildman–Crippen LogP) is 3.58. The first-order valence-electron chi connectivity index (χ1n) is 9.13. The van der Waals surface area contributed by atoms with E-state index >= 15 is 0 Å². The van der Waals surface area contributed by atoms with Crippen LogP contribution in [0.3, 0.4) is 0 Å². The van der Waals surface area contributed by atoms with Crippen molar-refractivity contribution >= 4 is 33.4 Å². The maximum Gasteiger partial charge on any atom is 0.328 e. The second-order valence-corrected chi connectivity index (χ2v) is 8.05. The lowest BCUT2D eigenvalue weighted by Gasteiger charge is -2.22. The Labute approximate surface area is 170 Å². The van der Waals surface area contributed by atoms with E-state index in [4.69, 9.17) is 9.47 Å². The second-order valence-electron chi connectivity index (χ2n) is 6.82. The highest BCUT2D eigenvalue weighted by atomic mass is 32.1. The van der Waals surface area contributed by atoms with Crippen molar-refractivity contribution in [2.45, 2.75) is 25.5 Å². The number of hydrogen-bond donors (Lipinski definition) is 0. The SMILES string of the molecule is COC(=O)C1CC(Oc2ccccc2F)CN1C(=O)c1ccc2nc(C)sc2c1. The molecule has 1 saturated heterocycles. The fourth-order valence-electron chi connectivity index (χ4n) is 3.53. The van der Waals surface area contributed by atoms with Crippen molar-refractivity contribution in [3.8, 4) is 5.75 Å². The monoisotopic (exact) mass is 414 g/mol. The van der Waals surface area contributed by atoms with Gasteiger partial charge < -0.3 is 14.4 Å². The van der Waals surface area contributed by atoms with E-state index in [9.17, 15) is 14.0 Å². The normalized spacial score (nSPS) is 18.8. The van der Waals surface area contributed by atoms with Gasteiger partial charge in [-0.3, -0.25) is 4.79 Å². The summed E-state index contributed by atoms with van der Waals surface area (Å²) >= 11 is 1.50. The standard InChI is InChI=1S/C21H19FN2O4S/c1-12-23-16-8-7-13(9-19(16)29-12)20(25)24-11-14(10-17(24)21(26)27-2)28-18-6-4-3-5-15(18)22/h3-9,14,17H,10-11H2,1-2H3. The number of rotatable bonds is 4. The summed E-state index contributed by atoms with van der Waals surface area (Å²) in [5.41, 5.74) is 1.29. The number of thiazole rings is 1. The molecular weight excluding hydrogens is 395 g/mol. The molecular formula is C21H19FN2O4S. The lowest BCUT2D eigenvalue weighted by Crippen LogP contribution is -2.41. The van der Waals surface area contributed by atoms with E-state index in [1.54, 1.807) is 30.3 Å². The number of para-hydroxylation sites is 1. The van der Waals surface area contributed by atoms with Crippen molar-refractivity contribution in [1.82, 2.24) is 9.88 Å². The molecule has 2 unspecified atom stereocenters. The molecule has 1 amide bonds. The van der Waals surface area contributed by atoms with Gasteiger partial charge in [-0.2, -0.15) is 0 Å². The van der Waals surface area contributed by atoms with Crippen LogP contribution in [0.5, 0.6) is 5.75 Å². The van der Waals surface area contributed by atoms with E-state index in [0.717, 1.165) is 15.2 Å². The lowest BCUT2D eigenvalue weighted by molar-refractivity contribution is -0.145. The quantitative estimate of drug-likeness (QED) is 0.611. The largest absolute Gasteiger partial charge is 0.485 e. The number of ether oxygens (including phenoxy) is 2. The third-order valence-electron chi connectivity index (χ3n) is 4.87. The Morgan fingerprint density at radius 3 is 2.79 bits per heavy atom. The summed E-state index contributed by atoms with van der Waals surface area (Å²) in [7, 11) is 1.28. The van der Waals surface area contributed by atoms with Crippen LogP contribution in [0.15, 0.2) is 42.5 Å². The van der Waals surface area contributed by atoms with Gasteiger partial charge in [0.1, 0.15) is 12.1 Å². The van der Waals surface area contributed by atoms with Gasteiger partial charge in [0.05, 0.1) is 28.9 Å². The van der Waals surface area contributed by atoms with Crippen LogP contribution in [0.25, 0.3) is 10.2 Å². The number of hydrogen-bond acceptors (Lipinski definition) is 6. The topological polar surface area (TPSA) is 68.7 Å². The van der Waals surface area contributed by atoms with E-state index in [0.29, 0.717) is 5.56 Å². The number of likely N-dealkylation sites (tertiary alicyclic amines) is 1. The molecule has 0 N–H and O–H groups in total. The number of carbonyl (C=O) groups excluding carboxylic acids is 2. The molecule has 1 aromatic heterocycles. The van der Waals surface area contributed by atoms with Crippen molar-refractivity contribution in [3.63, 3.8) is 0 Å². The van der Waals surface area contributed by atoms with E-state index in [-0.39, 0.29) is 24.6 Å². The van der Waals surface area contributed by atoms with E-state index in [2.05, 4.69) is 4.98 Å². The number of methoxy groups -OCH3 is 1. The molecule has 0 radical (unpaired) electrons. The van der Waals surface area contributed by atoms with Crippen LogP contribution >= 0.6 is 11.3 Å². The minimum absolute atomic E-state index is 0.0944. The molecule has 4 rings (SSSR count). The molecule has 2 heterocycles. The number of esters is 1. The molecule has 6 nitrogen and oxygen atoms in total. The number of benzene rings is 2. The van der Waals surface area contributed by atoms with Crippen molar-refractivity contribution in [2.24, 2.45) is 0 Å². The molecule has 1 fully saturated rings. The van der Waals surface area contributed by atoms with Crippen LogP contribution in [0.1, 0.15) is 21.8 Å². The van der Waals surface area contributed by atoms with Gasteiger partial charge in [-0.15, -0.1) is 11.3 Å². The molecule has 8 heteroatoms. The molecule has 3 aromatic rings. The Bertz CT molecular complexity index is 1080. The molecule has 1 aliphatic heterocycles. The number of aryl methyl sites for hydroxylation is 1. The summed E-state index contributed by atoms with van der Waals surface area (Å²) in [4.78, 5) is 31.3. The first-order valence-corrected chi connectivity index (χ1v) is 9.95. The fraction of sp³-hybridized carbons (Fsp3) is 0.286. The summed E-state index contributed by atoms with van der Waals surface area (Å²) in [5, 5.41) is 0.913. The van der Waals surface area contributed by atoms with Crippen molar-refractivity contribution in [3.05, 3.63) is 58.9 Å². The Kier molecular flexibility index (Phi) is 5.19. The Balaban J connectivity index is 1.59. The third-order valence-corrected chi connectivity index (χ3v) is 5.80. The zero-order valence-electron chi connectivity index (χ0n) is 15.9.